The van der Waals surface area contributed by atoms with Crippen LogP contribution in [-0.2, 0) is 6.54 Å². The lowest BCUT2D eigenvalue weighted by Crippen LogP contribution is -2.53. The van der Waals surface area contributed by atoms with Crippen LogP contribution < -0.4 is 11.1 Å². The van der Waals surface area contributed by atoms with Crippen LogP contribution in [0.4, 0.5) is 0 Å². The number of hydrogen-bond acceptors (Lipinski definition) is 3. The fourth-order valence-corrected chi connectivity index (χ4v) is 2.64. The maximum Gasteiger partial charge on any atom is 0.0347 e. The Hall–Kier alpha value is -0.900. The second-order valence-electron chi connectivity index (χ2n) is 5.06. The molecule has 94 valence electrons. The van der Waals surface area contributed by atoms with E-state index in [1.807, 2.05) is 0 Å². The van der Waals surface area contributed by atoms with Crippen LogP contribution in [0.15, 0.2) is 18.2 Å². The average Bonchev–Trinajstić information content (AvgIpc) is 2.28. The van der Waals surface area contributed by atoms with Gasteiger partial charge in [-0.25, -0.2) is 0 Å². The summed E-state index contributed by atoms with van der Waals surface area (Å²) in [5.41, 5.74) is 9.92. The van der Waals surface area contributed by atoms with Gasteiger partial charge in [-0.3, -0.25) is 4.90 Å². The molecule has 0 aromatic heterocycles. The van der Waals surface area contributed by atoms with Gasteiger partial charge in [0.2, 0.25) is 0 Å². The summed E-state index contributed by atoms with van der Waals surface area (Å²) in [5, 5.41) is 3.40. The van der Waals surface area contributed by atoms with E-state index in [0.717, 1.165) is 32.7 Å². The van der Waals surface area contributed by atoms with Crippen LogP contribution in [0.25, 0.3) is 0 Å². The lowest BCUT2D eigenvalue weighted by Gasteiger charge is -2.35. The van der Waals surface area contributed by atoms with E-state index < -0.39 is 0 Å². The molecule has 0 saturated carbocycles. The van der Waals surface area contributed by atoms with Gasteiger partial charge in [0, 0.05) is 38.8 Å². The van der Waals surface area contributed by atoms with Crippen molar-refractivity contribution in [1.29, 1.82) is 0 Å². The molecule has 0 spiro atoms. The van der Waals surface area contributed by atoms with Crippen molar-refractivity contribution in [1.82, 2.24) is 10.2 Å². The Kier molecular flexibility index (Phi) is 4.15. The topological polar surface area (TPSA) is 41.3 Å². The van der Waals surface area contributed by atoms with Gasteiger partial charge in [0.1, 0.15) is 0 Å². The van der Waals surface area contributed by atoms with Crippen LogP contribution in [0.5, 0.6) is 0 Å². The molecule has 1 aromatic carbocycles. The summed E-state index contributed by atoms with van der Waals surface area (Å²) in [6.07, 6.45) is 0. The van der Waals surface area contributed by atoms with Gasteiger partial charge >= 0.3 is 0 Å². The quantitative estimate of drug-likeness (QED) is 0.819. The van der Waals surface area contributed by atoms with Crippen molar-refractivity contribution >= 4 is 0 Å². The SMILES string of the molecule is Cc1cc(C)cc(CN2CCNCC2CN)c1. The summed E-state index contributed by atoms with van der Waals surface area (Å²) in [6.45, 7) is 9.25. The number of nitrogens with zero attached hydrogens (tertiary/aromatic N) is 1. The molecule has 1 saturated heterocycles. The van der Waals surface area contributed by atoms with Crippen LogP contribution in [-0.4, -0.2) is 37.1 Å². The van der Waals surface area contributed by atoms with E-state index in [0.29, 0.717) is 6.04 Å². The van der Waals surface area contributed by atoms with E-state index in [4.69, 9.17) is 5.73 Å². The number of hydrogen-bond donors (Lipinski definition) is 2. The summed E-state index contributed by atoms with van der Waals surface area (Å²) in [4.78, 5) is 2.49. The summed E-state index contributed by atoms with van der Waals surface area (Å²) < 4.78 is 0. The molecule has 2 rings (SSSR count). The van der Waals surface area contributed by atoms with E-state index in [-0.39, 0.29) is 0 Å². The van der Waals surface area contributed by atoms with Gasteiger partial charge in [0.15, 0.2) is 0 Å². The molecule has 1 unspecified atom stereocenters. The number of aryl methyl sites for hydroxylation is 2. The second-order valence-corrected chi connectivity index (χ2v) is 5.06. The highest BCUT2D eigenvalue weighted by molar-refractivity contribution is 5.28. The van der Waals surface area contributed by atoms with Gasteiger partial charge in [-0.1, -0.05) is 29.3 Å². The third-order valence-corrected chi connectivity index (χ3v) is 3.41. The monoisotopic (exact) mass is 233 g/mol. The highest BCUT2D eigenvalue weighted by atomic mass is 15.2. The zero-order valence-corrected chi connectivity index (χ0v) is 10.9. The minimum absolute atomic E-state index is 0.476. The molecular weight excluding hydrogens is 210 g/mol. The fraction of sp³-hybridized carbons (Fsp3) is 0.571. The maximum absolute atomic E-state index is 5.83. The van der Waals surface area contributed by atoms with E-state index in [2.05, 4.69) is 42.3 Å². The maximum atomic E-state index is 5.83. The minimum Gasteiger partial charge on any atom is -0.329 e. The summed E-state index contributed by atoms with van der Waals surface area (Å²) in [6, 6.07) is 7.26. The van der Waals surface area contributed by atoms with Gasteiger partial charge in [-0.2, -0.15) is 0 Å². The van der Waals surface area contributed by atoms with Gasteiger partial charge in [-0.15, -0.1) is 0 Å². The number of rotatable bonds is 3. The predicted octanol–water partition coefficient (Wildman–Crippen LogP) is 1.04. The molecule has 3 nitrogen and oxygen atoms in total. The summed E-state index contributed by atoms with van der Waals surface area (Å²) >= 11 is 0. The standard InChI is InChI=1S/C14H23N3/c1-11-5-12(2)7-13(6-11)10-17-4-3-16-9-14(17)8-15/h5-7,14,16H,3-4,8-10,15H2,1-2H3. The fourth-order valence-electron chi connectivity index (χ4n) is 2.64. The molecular formula is C14H23N3. The van der Waals surface area contributed by atoms with Gasteiger partial charge < -0.3 is 11.1 Å². The molecule has 0 radical (unpaired) electrons. The van der Waals surface area contributed by atoms with Crippen molar-refractivity contribution in [2.24, 2.45) is 5.73 Å². The Bertz CT molecular complexity index is 355. The predicted molar refractivity (Wildman–Crippen MR) is 72.0 cm³/mol. The lowest BCUT2D eigenvalue weighted by molar-refractivity contribution is 0.158. The Morgan fingerprint density at radius 2 is 2.00 bits per heavy atom. The first-order chi connectivity index (χ1) is 8.19. The van der Waals surface area contributed by atoms with Crippen molar-refractivity contribution in [3.05, 3.63) is 34.9 Å². The molecule has 3 heteroatoms. The van der Waals surface area contributed by atoms with E-state index >= 15 is 0 Å². The minimum atomic E-state index is 0.476. The highest BCUT2D eigenvalue weighted by Crippen LogP contribution is 2.13. The molecule has 0 amide bonds. The smallest absolute Gasteiger partial charge is 0.0347 e. The molecule has 1 fully saturated rings. The number of piperazine rings is 1. The third kappa shape index (κ3) is 3.28. The Balaban J connectivity index is 2.08. The van der Waals surface area contributed by atoms with Crippen molar-refractivity contribution in [2.45, 2.75) is 26.4 Å². The molecule has 1 aliphatic rings. The van der Waals surface area contributed by atoms with Crippen molar-refractivity contribution in [3.8, 4) is 0 Å². The molecule has 1 aromatic rings. The molecule has 3 N–H and O–H groups in total. The number of benzene rings is 1. The molecule has 0 bridgehead atoms. The third-order valence-electron chi connectivity index (χ3n) is 3.41. The van der Waals surface area contributed by atoms with E-state index in [1.54, 1.807) is 0 Å². The van der Waals surface area contributed by atoms with Gasteiger partial charge in [0.25, 0.3) is 0 Å². The average molecular weight is 233 g/mol. The number of nitrogens with one attached hydrogen (secondary N) is 1. The van der Waals surface area contributed by atoms with Gasteiger partial charge in [-0.05, 0) is 19.4 Å². The van der Waals surface area contributed by atoms with Crippen LogP contribution in [0, 0.1) is 13.8 Å². The summed E-state index contributed by atoms with van der Waals surface area (Å²) in [7, 11) is 0. The van der Waals surface area contributed by atoms with Crippen LogP contribution in [0.1, 0.15) is 16.7 Å². The molecule has 17 heavy (non-hydrogen) atoms. The van der Waals surface area contributed by atoms with E-state index in [1.165, 1.54) is 16.7 Å². The Labute approximate surface area is 104 Å². The zero-order valence-electron chi connectivity index (χ0n) is 10.9. The summed E-state index contributed by atoms with van der Waals surface area (Å²) in [5.74, 6) is 0. The zero-order chi connectivity index (χ0) is 12.3. The second kappa shape index (κ2) is 5.63. The highest BCUT2D eigenvalue weighted by Gasteiger charge is 2.20. The molecule has 1 heterocycles. The molecule has 1 atom stereocenters. The van der Waals surface area contributed by atoms with Crippen molar-refractivity contribution < 1.29 is 0 Å². The first-order valence-corrected chi connectivity index (χ1v) is 6.41. The first-order valence-electron chi connectivity index (χ1n) is 6.41. The largest absolute Gasteiger partial charge is 0.329 e. The Morgan fingerprint density at radius 1 is 1.29 bits per heavy atom. The van der Waals surface area contributed by atoms with Crippen LogP contribution >= 0.6 is 0 Å². The Morgan fingerprint density at radius 3 is 2.65 bits per heavy atom. The normalized spacial score (nSPS) is 21.7. The first kappa shape index (κ1) is 12.6. The van der Waals surface area contributed by atoms with Crippen LogP contribution in [0.2, 0.25) is 0 Å². The van der Waals surface area contributed by atoms with Crippen molar-refractivity contribution in [3.63, 3.8) is 0 Å². The molecule has 1 aliphatic heterocycles. The van der Waals surface area contributed by atoms with E-state index in [9.17, 15) is 0 Å². The number of nitrogens with two attached hydrogens (primary N) is 1. The van der Waals surface area contributed by atoms with Crippen molar-refractivity contribution in [2.75, 3.05) is 26.2 Å². The van der Waals surface area contributed by atoms with Gasteiger partial charge in [0.05, 0.1) is 0 Å². The van der Waals surface area contributed by atoms with Crippen LogP contribution in [0.3, 0.4) is 0 Å². The lowest BCUT2D eigenvalue weighted by atomic mass is 10.1. The molecule has 0 aliphatic carbocycles.